The molecule has 1 unspecified atom stereocenters. The number of hydrogen-bond donors (Lipinski definition) is 1. The maximum atomic E-state index is 3.73. The van der Waals surface area contributed by atoms with Crippen molar-refractivity contribution in [1.82, 2.24) is 5.32 Å². The number of benzene rings is 2. The van der Waals surface area contributed by atoms with E-state index in [9.17, 15) is 0 Å². The molecule has 1 atom stereocenters. The minimum Gasteiger partial charge on any atom is -0.306 e. The highest BCUT2D eigenvalue weighted by Gasteiger charge is 2.18. The van der Waals surface area contributed by atoms with Crippen LogP contribution in [0.15, 0.2) is 53.2 Å². The number of hydrogen-bond acceptors (Lipinski definition) is 2. The summed E-state index contributed by atoms with van der Waals surface area (Å²) in [5.41, 5.74) is 4.16. The van der Waals surface area contributed by atoms with Crippen LogP contribution in [0.25, 0.3) is 10.8 Å². The second-order valence-corrected chi connectivity index (χ2v) is 6.21. The third-order valence-electron chi connectivity index (χ3n) is 3.94. The highest BCUT2D eigenvalue weighted by Crippen LogP contribution is 2.32. The average Bonchev–Trinajstić information content (AvgIpc) is 2.94. The molecule has 0 amide bonds. The summed E-state index contributed by atoms with van der Waals surface area (Å²) in [4.78, 5) is 0. The van der Waals surface area contributed by atoms with Crippen molar-refractivity contribution in [2.45, 2.75) is 26.3 Å². The normalized spacial score (nSPS) is 12.7. The first-order valence-electron chi connectivity index (χ1n) is 7.55. The van der Waals surface area contributed by atoms with E-state index in [0.717, 1.165) is 13.0 Å². The van der Waals surface area contributed by atoms with E-state index in [-0.39, 0.29) is 6.04 Å². The first kappa shape index (κ1) is 14.3. The Kier molecular flexibility index (Phi) is 4.37. The standard InChI is InChI=1S/C19H21NS/c1-3-11-20-19(18-13-21-12-14(18)2)17-10-6-8-15-7-4-5-9-16(15)17/h4-10,12-13,19-20H,3,11H2,1-2H3. The summed E-state index contributed by atoms with van der Waals surface area (Å²) < 4.78 is 0. The van der Waals surface area contributed by atoms with Crippen LogP contribution >= 0.6 is 11.3 Å². The Morgan fingerprint density at radius 3 is 2.57 bits per heavy atom. The number of rotatable bonds is 5. The van der Waals surface area contributed by atoms with Crippen LogP contribution in [-0.4, -0.2) is 6.54 Å². The highest BCUT2D eigenvalue weighted by molar-refractivity contribution is 7.08. The highest BCUT2D eigenvalue weighted by atomic mass is 32.1. The molecule has 0 spiro atoms. The Labute approximate surface area is 130 Å². The van der Waals surface area contributed by atoms with Crippen molar-refractivity contribution in [3.63, 3.8) is 0 Å². The van der Waals surface area contributed by atoms with Gasteiger partial charge in [-0.1, -0.05) is 49.4 Å². The van der Waals surface area contributed by atoms with Gasteiger partial charge in [0.1, 0.15) is 0 Å². The van der Waals surface area contributed by atoms with E-state index in [0.29, 0.717) is 0 Å². The molecule has 0 saturated carbocycles. The average molecular weight is 295 g/mol. The number of aryl methyl sites for hydroxylation is 1. The third kappa shape index (κ3) is 2.87. The molecule has 0 saturated heterocycles. The van der Waals surface area contributed by atoms with Gasteiger partial charge in [0.15, 0.2) is 0 Å². The van der Waals surface area contributed by atoms with Gasteiger partial charge in [0.05, 0.1) is 6.04 Å². The Hall–Kier alpha value is -1.64. The topological polar surface area (TPSA) is 12.0 Å². The van der Waals surface area contributed by atoms with Crippen molar-refractivity contribution in [2.24, 2.45) is 0 Å². The van der Waals surface area contributed by atoms with Crippen molar-refractivity contribution < 1.29 is 0 Å². The molecule has 2 heteroatoms. The van der Waals surface area contributed by atoms with Crippen LogP contribution in [0.5, 0.6) is 0 Å². The van der Waals surface area contributed by atoms with Gasteiger partial charge in [-0.15, -0.1) is 0 Å². The summed E-state index contributed by atoms with van der Waals surface area (Å²) in [7, 11) is 0. The second-order valence-electron chi connectivity index (χ2n) is 5.47. The minimum absolute atomic E-state index is 0.280. The van der Waals surface area contributed by atoms with Crippen molar-refractivity contribution in [2.75, 3.05) is 6.54 Å². The smallest absolute Gasteiger partial charge is 0.0593 e. The Morgan fingerprint density at radius 1 is 1.00 bits per heavy atom. The van der Waals surface area contributed by atoms with Gasteiger partial charge in [0.25, 0.3) is 0 Å². The van der Waals surface area contributed by atoms with Crippen molar-refractivity contribution in [3.05, 3.63) is 69.9 Å². The van der Waals surface area contributed by atoms with Gasteiger partial charge in [-0.3, -0.25) is 0 Å². The Bertz CT molecular complexity index is 724. The van der Waals surface area contributed by atoms with Gasteiger partial charge < -0.3 is 5.32 Å². The molecule has 1 heterocycles. The van der Waals surface area contributed by atoms with Crippen molar-refractivity contribution in [1.29, 1.82) is 0 Å². The van der Waals surface area contributed by atoms with E-state index in [1.165, 1.54) is 27.5 Å². The van der Waals surface area contributed by atoms with Gasteiger partial charge >= 0.3 is 0 Å². The molecule has 0 fully saturated rings. The molecule has 0 radical (unpaired) electrons. The second kappa shape index (κ2) is 6.42. The zero-order valence-electron chi connectivity index (χ0n) is 12.6. The lowest BCUT2D eigenvalue weighted by molar-refractivity contribution is 0.601. The molecule has 1 nitrogen and oxygen atoms in total. The zero-order valence-corrected chi connectivity index (χ0v) is 13.4. The maximum Gasteiger partial charge on any atom is 0.0593 e. The van der Waals surface area contributed by atoms with Crippen molar-refractivity contribution in [3.8, 4) is 0 Å². The SMILES string of the molecule is CCCNC(c1cscc1C)c1cccc2ccccc12. The van der Waals surface area contributed by atoms with Crippen LogP contribution in [0.4, 0.5) is 0 Å². The van der Waals surface area contributed by atoms with E-state index in [1.807, 2.05) is 0 Å². The van der Waals surface area contributed by atoms with Crippen LogP contribution in [0, 0.1) is 6.92 Å². The van der Waals surface area contributed by atoms with Crippen LogP contribution < -0.4 is 5.32 Å². The van der Waals surface area contributed by atoms with Crippen LogP contribution in [0.2, 0.25) is 0 Å². The van der Waals surface area contributed by atoms with Crippen LogP contribution in [-0.2, 0) is 0 Å². The van der Waals surface area contributed by atoms with Gasteiger partial charge in [-0.2, -0.15) is 11.3 Å². The molecular formula is C19H21NS. The monoisotopic (exact) mass is 295 g/mol. The van der Waals surface area contributed by atoms with Gasteiger partial charge in [0.2, 0.25) is 0 Å². The molecule has 3 rings (SSSR count). The summed E-state index contributed by atoms with van der Waals surface area (Å²) in [6, 6.07) is 15.5. The van der Waals surface area contributed by atoms with E-state index >= 15 is 0 Å². The van der Waals surface area contributed by atoms with Crippen LogP contribution in [0.3, 0.4) is 0 Å². The van der Waals surface area contributed by atoms with E-state index in [4.69, 9.17) is 0 Å². The summed E-state index contributed by atoms with van der Waals surface area (Å²) in [5, 5.41) is 10.9. The van der Waals surface area contributed by atoms with E-state index in [1.54, 1.807) is 11.3 Å². The Balaban J connectivity index is 2.12. The molecule has 0 aliphatic heterocycles. The predicted molar refractivity (Wildman–Crippen MR) is 93.1 cm³/mol. The molecule has 0 aliphatic carbocycles. The molecule has 3 aromatic rings. The summed E-state index contributed by atoms with van der Waals surface area (Å²) in [6.45, 7) is 5.45. The fraction of sp³-hybridized carbons (Fsp3) is 0.263. The van der Waals surface area contributed by atoms with Gasteiger partial charge in [-0.05, 0) is 58.1 Å². The third-order valence-corrected chi connectivity index (χ3v) is 4.82. The quantitative estimate of drug-likeness (QED) is 0.673. The fourth-order valence-corrected chi connectivity index (χ4v) is 3.72. The zero-order chi connectivity index (χ0) is 14.7. The van der Waals surface area contributed by atoms with Crippen molar-refractivity contribution >= 4 is 22.1 Å². The predicted octanol–water partition coefficient (Wildman–Crippen LogP) is 5.30. The Morgan fingerprint density at radius 2 is 1.81 bits per heavy atom. The molecule has 0 bridgehead atoms. The first-order chi connectivity index (χ1) is 10.3. The molecule has 1 N–H and O–H groups in total. The summed E-state index contributed by atoms with van der Waals surface area (Å²) in [5.74, 6) is 0. The van der Waals surface area contributed by atoms with Gasteiger partial charge in [0, 0.05) is 0 Å². The lowest BCUT2D eigenvalue weighted by Gasteiger charge is -2.21. The first-order valence-corrected chi connectivity index (χ1v) is 8.49. The minimum atomic E-state index is 0.280. The molecule has 21 heavy (non-hydrogen) atoms. The van der Waals surface area contributed by atoms with E-state index in [2.05, 4.69) is 72.4 Å². The lowest BCUT2D eigenvalue weighted by atomic mass is 9.93. The molecule has 108 valence electrons. The summed E-state index contributed by atoms with van der Waals surface area (Å²) in [6.07, 6.45) is 1.14. The summed E-state index contributed by atoms with van der Waals surface area (Å²) >= 11 is 1.79. The molecule has 2 aromatic carbocycles. The van der Waals surface area contributed by atoms with Gasteiger partial charge in [-0.25, -0.2) is 0 Å². The molecule has 1 aromatic heterocycles. The fourth-order valence-electron chi connectivity index (χ4n) is 2.84. The number of fused-ring (bicyclic) bond motifs is 1. The number of nitrogens with one attached hydrogen (secondary N) is 1. The molecular weight excluding hydrogens is 274 g/mol. The largest absolute Gasteiger partial charge is 0.306 e. The maximum absolute atomic E-state index is 3.73. The lowest BCUT2D eigenvalue weighted by Crippen LogP contribution is -2.23. The number of thiophene rings is 1. The van der Waals surface area contributed by atoms with Crippen LogP contribution in [0.1, 0.15) is 36.1 Å². The van der Waals surface area contributed by atoms with E-state index < -0.39 is 0 Å². The molecule has 0 aliphatic rings.